The molecule has 0 unspecified atom stereocenters. The molecule has 44 valence electrons. The number of rotatable bonds is 0. The molecule has 0 aromatic heterocycles. The van der Waals surface area contributed by atoms with Gasteiger partial charge in [0.25, 0.3) is 0 Å². The first kappa shape index (κ1) is 11.1. The van der Waals surface area contributed by atoms with Crippen LogP contribution in [0, 0.1) is 0 Å². The van der Waals surface area contributed by atoms with Gasteiger partial charge in [-0.25, -0.2) is 4.79 Å². The summed E-state index contributed by atoms with van der Waals surface area (Å²) < 4.78 is 4.50. The van der Waals surface area contributed by atoms with Crippen molar-refractivity contribution >= 4 is 6.16 Å². The van der Waals surface area contributed by atoms with Gasteiger partial charge in [-0.1, -0.05) is 0 Å². The zero-order valence-electron chi connectivity index (χ0n) is 5.63. The summed E-state index contributed by atoms with van der Waals surface area (Å²) in [6.07, 6.45) is -1.83. The molecule has 1 aliphatic rings. The third kappa shape index (κ3) is 113. The molecule has 4 nitrogen and oxygen atoms in total. The first-order chi connectivity index (χ1) is 3.23. The summed E-state index contributed by atoms with van der Waals surface area (Å²) in [5, 5.41) is 13.9. The summed E-state index contributed by atoms with van der Waals surface area (Å²) in [7, 11) is 0. The molecule has 0 aromatic carbocycles. The monoisotopic (exact) mass is 130 g/mol. The van der Waals surface area contributed by atoms with E-state index in [1.807, 2.05) is 0 Å². The molecule has 2 N–H and O–H groups in total. The second-order valence-corrected chi connectivity index (χ2v) is 0.895. The molecule has 1 aliphatic heterocycles. The van der Waals surface area contributed by atoms with Gasteiger partial charge in [-0.2, -0.15) is 0 Å². The van der Waals surface area contributed by atoms with Crippen molar-refractivity contribution in [1.82, 2.24) is 0 Å². The van der Waals surface area contributed by atoms with Gasteiger partial charge in [-0.05, 0) is 0 Å². The normalized spacial score (nSPS) is 12.0. The molecule has 0 aliphatic carbocycles. The van der Waals surface area contributed by atoms with Crippen molar-refractivity contribution in [3.05, 3.63) is 0 Å². The van der Waals surface area contributed by atoms with E-state index in [4.69, 9.17) is 15.0 Å². The number of hydrogen-bond donors (Lipinski definition) is 2. The Morgan fingerprint density at radius 3 is 1.62 bits per heavy atom. The Kier molecular flexibility index (Phi) is 10.0. The van der Waals surface area contributed by atoms with Crippen LogP contribution in [-0.2, 0) is 4.74 Å². The van der Waals surface area contributed by atoms with Crippen LogP contribution in [0.3, 0.4) is 0 Å². The van der Waals surface area contributed by atoms with E-state index in [1.165, 1.54) is 0 Å². The Morgan fingerprint density at radius 2 is 1.62 bits per heavy atom. The average Bonchev–Trinajstić information content (AvgIpc) is 2.02. The van der Waals surface area contributed by atoms with Gasteiger partial charge in [0.05, 0.1) is 13.2 Å². The largest absolute Gasteiger partial charge is 1.00 e. The molecule has 0 atom stereocenters. The van der Waals surface area contributed by atoms with Gasteiger partial charge in [-0.15, -0.1) is 0 Å². The minimum absolute atomic E-state index is 0. The van der Waals surface area contributed by atoms with Crippen molar-refractivity contribution in [3.63, 3.8) is 0 Å². The third-order valence-corrected chi connectivity index (χ3v) is 0.204. The summed E-state index contributed by atoms with van der Waals surface area (Å²) in [5.74, 6) is 0. The quantitative estimate of drug-likeness (QED) is 0.277. The number of ether oxygens (including phenoxy) is 1. The van der Waals surface area contributed by atoms with E-state index in [1.54, 1.807) is 0 Å². The van der Waals surface area contributed by atoms with E-state index < -0.39 is 6.16 Å². The molecule has 1 fully saturated rings. The van der Waals surface area contributed by atoms with Crippen molar-refractivity contribution in [2.75, 3.05) is 13.2 Å². The zero-order chi connectivity index (χ0) is 5.70. The molecule has 8 heavy (non-hydrogen) atoms. The fourth-order valence-electron chi connectivity index (χ4n) is 0. The van der Waals surface area contributed by atoms with Crippen molar-refractivity contribution < 1.29 is 50.7 Å². The minimum Gasteiger partial charge on any atom is -1.00 e. The summed E-state index contributed by atoms with van der Waals surface area (Å²) in [5.41, 5.74) is 0. The molecule has 0 saturated carbocycles. The van der Waals surface area contributed by atoms with Gasteiger partial charge in [0.1, 0.15) is 0 Å². The predicted octanol–water partition coefficient (Wildman–Crippen LogP) is -2.64. The van der Waals surface area contributed by atoms with Gasteiger partial charge in [0, 0.05) is 0 Å². The molecular weight excluding hydrogens is 123 g/mol. The molecule has 1 saturated heterocycles. The van der Waals surface area contributed by atoms with E-state index >= 15 is 0 Å². The molecule has 0 bridgehead atoms. The smallest absolute Gasteiger partial charge is 1.00 e. The van der Waals surface area contributed by atoms with E-state index in [-0.39, 0.29) is 31.0 Å². The van der Waals surface area contributed by atoms with Crippen molar-refractivity contribution in [2.24, 2.45) is 0 Å². The molecule has 0 spiro atoms. The Hall–Kier alpha value is 0.230. The van der Waals surface area contributed by atoms with Crippen LogP contribution in [0.15, 0.2) is 0 Å². The van der Waals surface area contributed by atoms with Crippen LogP contribution in [0.5, 0.6) is 0 Å². The molecule has 1 rings (SSSR count). The average molecular weight is 130 g/mol. The van der Waals surface area contributed by atoms with E-state index in [2.05, 4.69) is 4.74 Å². The maximum absolute atomic E-state index is 8.56. The van der Waals surface area contributed by atoms with E-state index in [0.29, 0.717) is 0 Å². The van der Waals surface area contributed by atoms with Gasteiger partial charge in [0.15, 0.2) is 0 Å². The summed E-state index contributed by atoms with van der Waals surface area (Å²) >= 11 is 0. The Morgan fingerprint density at radius 1 is 1.50 bits per heavy atom. The fourth-order valence-corrected chi connectivity index (χ4v) is 0. The van der Waals surface area contributed by atoms with E-state index in [9.17, 15) is 0 Å². The van der Waals surface area contributed by atoms with Crippen molar-refractivity contribution in [1.29, 1.82) is 0 Å². The van der Waals surface area contributed by atoms with Crippen LogP contribution in [0.25, 0.3) is 0 Å². The standard InChI is InChI=1S/C2H4O.CH2O3.Na.H/c1-2-3-1;2-1(3)4;;/h1-2H2;(H2,2,3,4);;/q;;+1;-1. The molecular formula is C3H7NaO4. The molecule has 5 heteroatoms. The van der Waals surface area contributed by atoms with Crippen LogP contribution >= 0.6 is 0 Å². The topological polar surface area (TPSA) is 70.1 Å². The third-order valence-electron chi connectivity index (χ3n) is 0.204. The van der Waals surface area contributed by atoms with Crippen LogP contribution in [0.1, 0.15) is 1.43 Å². The zero-order valence-corrected chi connectivity index (χ0v) is 6.63. The first-order valence-electron chi connectivity index (χ1n) is 1.73. The Labute approximate surface area is 70.2 Å². The minimum atomic E-state index is -1.83. The van der Waals surface area contributed by atoms with E-state index in [0.717, 1.165) is 13.2 Å². The van der Waals surface area contributed by atoms with Gasteiger partial charge < -0.3 is 16.4 Å². The van der Waals surface area contributed by atoms with Crippen molar-refractivity contribution in [2.45, 2.75) is 0 Å². The second-order valence-electron chi connectivity index (χ2n) is 0.895. The second kappa shape index (κ2) is 7.23. The Balaban J connectivity index is -0.0000000660. The Bertz CT molecular complexity index is 60.1. The van der Waals surface area contributed by atoms with Crippen LogP contribution in [-0.4, -0.2) is 29.6 Å². The number of epoxide rings is 1. The number of hydrogen-bond acceptors (Lipinski definition) is 2. The van der Waals surface area contributed by atoms with Crippen molar-refractivity contribution in [3.8, 4) is 0 Å². The first-order valence-corrected chi connectivity index (χ1v) is 1.73. The summed E-state index contributed by atoms with van der Waals surface area (Å²) in [4.78, 5) is 8.56. The van der Waals surface area contributed by atoms with Gasteiger partial charge in [-0.3, -0.25) is 0 Å². The van der Waals surface area contributed by atoms with Gasteiger partial charge >= 0.3 is 35.7 Å². The van der Waals surface area contributed by atoms with Gasteiger partial charge in [0.2, 0.25) is 0 Å². The molecule has 1 heterocycles. The maximum atomic E-state index is 8.56. The summed E-state index contributed by atoms with van der Waals surface area (Å²) in [6, 6.07) is 0. The molecule has 0 amide bonds. The van der Waals surface area contributed by atoms with Crippen LogP contribution in [0.4, 0.5) is 4.79 Å². The summed E-state index contributed by atoms with van der Waals surface area (Å²) in [6.45, 7) is 2.00. The maximum Gasteiger partial charge on any atom is 1.00 e. The fraction of sp³-hybridized carbons (Fsp3) is 0.667. The van der Waals surface area contributed by atoms with Crippen LogP contribution < -0.4 is 29.6 Å². The van der Waals surface area contributed by atoms with Crippen LogP contribution in [0.2, 0.25) is 0 Å². The SMILES string of the molecule is C1CO1.O=C(O)O.[H-].[Na+]. The number of carboxylic acid groups (broad SMARTS) is 2. The molecule has 0 aromatic rings. The number of carbonyl (C=O) groups is 1. The molecule has 0 radical (unpaired) electrons. The predicted molar refractivity (Wildman–Crippen MR) is 22.6 cm³/mol.